The molecule has 2 heterocycles. The van der Waals surface area contributed by atoms with E-state index in [0.717, 1.165) is 0 Å². The van der Waals surface area contributed by atoms with E-state index in [4.69, 9.17) is 30.8 Å². The second-order valence-electron chi connectivity index (χ2n) is 5.08. The molecule has 6 nitrogen and oxygen atoms in total. The van der Waals surface area contributed by atoms with Gasteiger partial charge in [0.15, 0.2) is 17.6 Å². The SMILES string of the molecule is CC(C)(CCO)OCC1COc2c(N)sc(N)c2O1. The van der Waals surface area contributed by atoms with Crippen LogP contribution in [0.4, 0.5) is 10.0 Å². The van der Waals surface area contributed by atoms with Crippen LogP contribution in [0.5, 0.6) is 11.5 Å². The van der Waals surface area contributed by atoms with Crippen molar-refractivity contribution >= 4 is 21.3 Å². The molecule has 5 N–H and O–H groups in total. The fourth-order valence-corrected chi connectivity index (χ4v) is 2.52. The predicted molar refractivity (Wildman–Crippen MR) is 74.8 cm³/mol. The minimum atomic E-state index is -0.391. The van der Waals surface area contributed by atoms with Crippen LogP contribution in [0.25, 0.3) is 0 Å². The van der Waals surface area contributed by atoms with Gasteiger partial charge in [0.2, 0.25) is 0 Å². The first-order chi connectivity index (χ1) is 8.93. The highest BCUT2D eigenvalue weighted by Gasteiger charge is 2.29. The van der Waals surface area contributed by atoms with Crippen LogP contribution in [0.2, 0.25) is 0 Å². The van der Waals surface area contributed by atoms with E-state index in [1.807, 2.05) is 13.8 Å². The molecule has 0 saturated carbocycles. The molecule has 1 unspecified atom stereocenters. The number of aliphatic hydroxyl groups excluding tert-OH is 1. The van der Waals surface area contributed by atoms with Crippen LogP contribution in [-0.2, 0) is 4.74 Å². The van der Waals surface area contributed by atoms with Crippen molar-refractivity contribution in [1.82, 2.24) is 0 Å². The lowest BCUT2D eigenvalue weighted by Crippen LogP contribution is -2.37. The lowest BCUT2D eigenvalue weighted by molar-refractivity contribution is -0.0756. The highest BCUT2D eigenvalue weighted by atomic mass is 32.1. The molecule has 1 atom stereocenters. The van der Waals surface area contributed by atoms with Crippen molar-refractivity contribution in [3.63, 3.8) is 0 Å². The molecule has 1 aromatic rings. The maximum Gasteiger partial charge on any atom is 0.198 e. The van der Waals surface area contributed by atoms with E-state index >= 15 is 0 Å². The zero-order chi connectivity index (χ0) is 14.0. The fraction of sp³-hybridized carbons (Fsp3) is 0.667. The molecule has 0 aliphatic carbocycles. The molecule has 0 amide bonds. The summed E-state index contributed by atoms with van der Waals surface area (Å²) in [7, 11) is 0. The molecule has 1 aliphatic heterocycles. The van der Waals surface area contributed by atoms with Crippen molar-refractivity contribution in [3.05, 3.63) is 0 Å². The number of hydrogen-bond acceptors (Lipinski definition) is 7. The summed E-state index contributed by atoms with van der Waals surface area (Å²) in [5.41, 5.74) is 11.2. The minimum absolute atomic E-state index is 0.0905. The van der Waals surface area contributed by atoms with Gasteiger partial charge in [-0.3, -0.25) is 0 Å². The number of nitrogen functional groups attached to an aromatic ring is 2. The average molecular weight is 288 g/mol. The first kappa shape index (κ1) is 14.2. The van der Waals surface area contributed by atoms with Crippen LogP contribution in [0, 0.1) is 0 Å². The third-order valence-electron chi connectivity index (χ3n) is 2.95. The van der Waals surface area contributed by atoms with E-state index in [9.17, 15) is 0 Å². The Hall–Kier alpha value is -1.18. The van der Waals surface area contributed by atoms with Crippen LogP contribution in [0.15, 0.2) is 0 Å². The average Bonchev–Trinajstić information content (AvgIpc) is 2.62. The van der Waals surface area contributed by atoms with Crippen LogP contribution in [0.3, 0.4) is 0 Å². The Morgan fingerprint density at radius 3 is 2.74 bits per heavy atom. The Morgan fingerprint density at radius 1 is 1.37 bits per heavy atom. The molecule has 0 radical (unpaired) electrons. The standard InChI is InChI=1S/C12H20N2O4S/c1-12(2,3-4-15)17-6-7-5-16-8-9(18-7)11(14)19-10(8)13/h7,15H,3-6,13-14H2,1-2H3. The molecule has 0 bridgehead atoms. The molecule has 0 fully saturated rings. The van der Waals surface area contributed by atoms with Gasteiger partial charge < -0.3 is 30.8 Å². The number of rotatable bonds is 5. The first-order valence-corrected chi connectivity index (χ1v) is 6.96. The topological polar surface area (TPSA) is 100.0 Å². The zero-order valence-corrected chi connectivity index (χ0v) is 12.0. The fourth-order valence-electron chi connectivity index (χ4n) is 1.80. The number of nitrogens with two attached hydrogens (primary N) is 2. The lowest BCUT2D eigenvalue weighted by Gasteiger charge is -2.30. The maximum atomic E-state index is 8.94. The van der Waals surface area contributed by atoms with Crippen LogP contribution < -0.4 is 20.9 Å². The van der Waals surface area contributed by atoms with Gasteiger partial charge in [0.1, 0.15) is 16.6 Å². The van der Waals surface area contributed by atoms with Crippen molar-refractivity contribution < 1.29 is 19.3 Å². The predicted octanol–water partition coefficient (Wildman–Crippen LogP) is 1.23. The summed E-state index contributed by atoms with van der Waals surface area (Å²) in [6.45, 7) is 4.70. The van der Waals surface area contributed by atoms with E-state index in [1.165, 1.54) is 11.3 Å². The number of fused-ring (bicyclic) bond motifs is 1. The molecule has 2 rings (SSSR count). The highest BCUT2D eigenvalue weighted by molar-refractivity contribution is 7.20. The van der Waals surface area contributed by atoms with Gasteiger partial charge in [-0.15, -0.1) is 0 Å². The van der Waals surface area contributed by atoms with E-state index in [-0.39, 0.29) is 12.7 Å². The summed E-state index contributed by atoms with van der Waals surface area (Å²) in [6, 6.07) is 0. The summed E-state index contributed by atoms with van der Waals surface area (Å²) in [5, 5.41) is 10.00. The van der Waals surface area contributed by atoms with Crippen molar-refractivity contribution in [1.29, 1.82) is 0 Å². The van der Waals surface area contributed by atoms with Crippen molar-refractivity contribution in [3.8, 4) is 11.5 Å². The number of hydrogen-bond donors (Lipinski definition) is 3. The Balaban J connectivity index is 1.93. The summed E-state index contributed by atoms with van der Waals surface area (Å²) in [5.74, 6) is 1.05. The van der Waals surface area contributed by atoms with Gasteiger partial charge >= 0.3 is 0 Å². The summed E-state index contributed by atoms with van der Waals surface area (Å²) in [4.78, 5) is 0. The van der Waals surface area contributed by atoms with Crippen molar-refractivity contribution in [2.75, 3.05) is 31.3 Å². The maximum absolute atomic E-state index is 8.94. The molecule has 1 aromatic heterocycles. The summed E-state index contributed by atoms with van der Waals surface area (Å²) < 4.78 is 17.1. The van der Waals surface area contributed by atoms with E-state index in [0.29, 0.717) is 41.1 Å². The van der Waals surface area contributed by atoms with Gasteiger partial charge in [-0.25, -0.2) is 0 Å². The van der Waals surface area contributed by atoms with E-state index in [2.05, 4.69) is 0 Å². The number of thiophene rings is 1. The molecule has 19 heavy (non-hydrogen) atoms. The first-order valence-electron chi connectivity index (χ1n) is 6.15. The normalized spacial score (nSPS) is 18.6. The number of aliphatic hydroxyl groups is 1. The van der Waals surface area contributed by atoms with Gasteiger partial charge in [-0.1, -0.05) is 11.3 Å². The molecule has 0 aromatic carbocycles. The largest absolute Gasteiger partial charge is 0.483 e. The smallest absolute Gasteiger partial charge is 0.198 e. The van der Waals surface area contributed by atoms with Crippen LogP contribution >= 0.6 is 11.3 Å². The Kier molecular flexibility index (Phi) is 4.07. The summed E-state index contributed by atoms with van der Waals surface area (Å²) in [6.07, 6.45) is 0.348. The zero-order valence-electron chi connectivity index (χ0n) is 11.1. The van der Waals surface area contributed by atoms with Gasteiger partial charge in [0.05, 0.1) is 12.2 Å². The van der Waals surface area contributed by atoms with Gasteiger partial charge in [-0.05, 0) is 20.3 Å². The van der Waals surface area contributed by atoms with Crippen molar-refractivity contribution in [2.45, 2.75) is 32.0 Å². The second-order valence-corrected chi connectivity index (χ2v) is 6.17. The lowest BCUT2D eigenvalue weighted by atomic mass is 10.1. The Labute approximate surface area is 116 Å². The summed E-state index contributed by atoms with van der Waals surface area (Å²) >= 11 is 1.25. The van der Waals surface area contributed by atoms with Gasteiger partial charge in [0.25, 0.3) is 0 Å². The molecule has 0 spiro atoms. The third kappa shape index (κ3) is 3.23. The highest BCUT2D eigenvalue weighted by Crippen LogP contribution is 2.48. The van der Waals surface area contributed by atoms with E-state index in [1.54, 1.807) is 0 Å². The van der Waals surface area contributed by atoms with E-state index < -0.39 is 5.60 Å². The molecule has 0 saturated heterocycles. The van der Waals surface area contributed by atoms with Crippen LogP contribution in [0.1, 0.15) is 20.3 Å². The Morgan fingerprint density at radius 2 is 2.05 bits per heavy atom. The van der Waals surface area contributed by atoms with Crippen molar-refractivity contribution in [2.24, 2.45) is 0 Å². The Bertz CT molecular complexity index is 447. The number of anilines is 2. The third-order valence-corrected chi connectivity index (χ3v) is 3.76. The molecule has 1 aliphatic rings. The molecular formula is C12H20N2O4S. The quantitative estimate of drug-likeness (QED) is 0.753. The monoisotopic (exact) mass is 288 g/mol. The van der Waals surface area contributed by atoms with Gasteiger partial charge in [0, 0.05) is 6.61 Å². The molecule has 7 heteroatoms. The minimum Gasteiger partial charge on any atom is -0.483 e. The molecule has 108 valence electrons. The number of ether oxygens (including phenoxy) is 3. The van der Waals surface area contributed by atoms with Crippen LogP contribution in [-0.4, -0.2) is 36.6 Å². The second kappa shape index (κ2) is 5.44. The van der Waals surface area contributed by atoms with Gasteiger partial charge in [-0.2, -0.15) is 0 Å². The molecular weight excluding hydrogens is 268 g/mol.